The van der Waals surface area contributed by atoms with E-state index >= 15 is 0 Å². The van der Waals surface area contributed by atoms with Crippen molar-refractivity contribution in [3.05, 3.63) is 29.8 Å². The van der Waals surface area contributed by atoms with E-state index in [2.05, 4.69) is 6.07 Å². The molecule has 0 bridgehead atoms. The number of amides is 1. The van der Waals surface area contributed by atoms with Crippen LogP contribution in [0.3, 0.4) is 0 Å². The van der Waals surface area contributed by atoms with E-state index < -0.39 is 5.41 Å². The van der Waals surface area contributed by atoms with E-state index in [-0.39, 0.29) is 5.91 Å². The first-order valence-electron chi connectivity index (χ1n) is 5.32. The summed E-state index contributed by atoms with van der Waals surface area (Å²) in [5.41, 5.74) is 0.453. The van der Waals surface area contributed by atoms with E-state index in [1.54, 1.807) is 31.3 Å². The fourth-order valence-electron chi connectivity index (χ4n) is 1.70. The first-order valence-corrected chi connectivity index (χ1v) is 5.32. The second-order valence-electron chi connectivity index (χ2n) is 4.22. The second kappa shape index (κ2) is 3.92. The third-order valence-corrected chi connectivity index (χ3v) is 3.06. The Balaban J connectivity index is 2.20. The summed E-state index contributed by atoms with van der Waals surface area (Å²) >= 11 is 0. The average molecular weight is 225 g/mol. The molecule has 0 aromatic heterocycles. The van der Waals surface area contributed by atoms with Gasteiger partial charge in [0.05, 0.1) is 17.7 Å². The topological polar surface area (TPSA) is 67.9 Å². The zero-order valence-electron chi connectivity index (χ0n) is 9.47. The Bertz CT molecular complexity index is 529. The highest BCUT2D eigenvalue weighted by atomic mass is 16.2. The average Bonchev–Trinajstić information content (AvgIpc) is 3.18. The van der Waals surface area contributed by atoms with E-state index in [4.69, 9.17) is 10.5 Å². The quantitative estimate of drug-likeness (QED) is 0.771. The van der Waals surface area contributed by atoms with E-state index in [9.17, 15) is 4.79 Å². The first-order chi connectivity index (χ1) is 8.13. The summed E-state index contributed by atoms with van der Waals surface area (Å²) in [7, 11) is 1.65. The molecule has 0 atom stereocenters. The summed E-state index contributed by atoms with van der Waals surface area (Å²) in [6.45, 7) is 0. The maximum Gasteiger partial charge on any atom is 0.247 e. The number of carbonyl (C=O) groups is 1. The van der Waals surface area contributed by atoms with Crippen LogP contribution in [-0.2, 0) is 4.79 Å². The van der Waals surface area contributed by atoms with Crippen LogP contribution in [0.15, 0.2) is 24.3 Å². The molecule has 1 aromatic carbocycles. The summed E-state index contributed by atoms with van der Waals surface area (Å²) in [6, 6.07) is 10.8. The van der Waals surface area contributed by atoms with Gasteiger partial charge < -0.3 is 4.90 Å². The van der Waals surface area contributed by atoms with Crippen LogP contribution in [0.25, 0.3) is 0 Å². The number of benzene rings is 1. The Kier molecular flexibility index (Phi) is 2.57. The first kappa shape index (κ1) is 11.2. The molecule has 0 unspecified atom stereocenters. The van der Waals surface area contributed by atoms with Crippen LogP contribution in [0.5, 0.6) is 0 Å². The third-order valence-electron chi connectivity index (χ3n) is 3.06. The molecule has 1 aromatic rings. The van der Waals surface area contributed by atoms with Crippen LogP contribution in [-0.4, -0.2) is 13.0 Å². The molecule has 0 N–H and O–H groups in total. The number of nitrogens with zero attached hydrogens (tertiary/aromatic N) is 3. The molecule has 1 aliphatic rings. The largest absolute Gasteiger partial charge is 0.314 e. The second-order valence-corrected chi connectivity index (χ2v) is 4.22. The minimum atomic E-state index is -0.803. The molecule has 84 valence electrons. The molecule has 0 saturated heterocycles. The lowest BCUT2D eigenvalue weighted by Crippen LogP contribution is -2.33. The fraction of sp³-hybridized carbons (Fsp3) is 0.308. The van der Waals surface area contributed by atoms with E-state index in [1.165, 1.54) is 4.90 Å². The zero-order valence-corrected chi connectivity index (χ0v) is 9.47. The van der Waals surface area contributed by atoms with Crippen LogP contribution < -0.4 is 4.90 Å². The van der Waals surface area contributed by atoms with Gasteiger partial charge in [-0.1, -0.05) is 0 Å². The monoisotopic (exact) mass is 225 g/mol. The molecule has 0 heterocycles. The maximum atomic E-state index is 12.1. The number of hydrogen-bond acceptors (Lipinski definition) is 3. The van der Waals surface area contributed by atoms with Crippen molar-refractivity contribution < 1.29 is 4.79 Å². The Labute approximate surface area is 99.7 Å². The summed E-state index contributed by atoms with van der Waals surface area (Å²) in [4.78, 5) is 13.5. The number of hydrogen-bond donors (Lipinski definition) is 0. The van der Waals surface area contributed by atoms with Crippen molar-refractivity contribution >= 4 is 11.6 Å². The minimum absolute atomic E-state index is 0.162. The van der Waals surface area contributed by atoms with Gasteiger partial charge >= 0.3 is 0 Å². The van der Waals surface area contributed by atoms with Crippen LogP contribution in [0.1, 0.15) is 18.4 Å². The Hall–Kier alpha value is -2.33. The maximum absolute atomic E-state index is 12.1. The van der Waals surface area contributed by atoms with Crippen molar-refractivity contribution in [2.24, 2.45) is 5.41 Å². The normalized spacial score (nSPS) is 15.5. The van der Waals surface area contributed by atoms with Gasteiger partial charge in [0.1, 0.15) is 5.41 Å². The van der Waals surface area contributed by atoms with Crippen LogP contribution in [0.4, 0.5) is 5.69 Å². The van der Waals surface area contributed by atoms with Crippen molar-refractivity contribution in [2.45, 2.75) is 12.8 Å². The number of carbonyl (C=O) groups excluding carboxylic acids is 1. The molecule has 17 heavy (non-hydrogen) atoms. The molecule has 0 spiro atoms. The summed E-state index contributed by atoms with van der Waals surface area (Å²) in [5, 5.41) is 17.6. The van der Waals surface area contributed by atoms with E-state index in [0.29, 0.717) is 24.1 Å². The molecular weight excluding hydrogens is 214 g/mol. The van der Waals surface area contributed by atoms with Gasteiger partial charge in [-0.25, -0.2) is 0 Å². The predicted octanol–water partition coefficient (Wildman–Crippen LogP) is 1.82. The van der Waals surface area contributed by atoms with Gasteiger partial charge in [0.25, 0.3) is 0 Å². The highest BCUT2D eigenvalue weighted by molar-refractivity contribution is 6.00. The van der Waals surface area contributed by atoms with Gasteiger partial charge in [0.2, 0.25) is 5.91 Å². The van der Waals surface area contributed by atoms with E-state index in [0.717, 1.165) is 0 Å². The van der Waals surface area contributed by atoms with Crippen molar-refractivity contribution in [3.8, 4) is 12.1 Å². The molecule has 1 amide bonds. The van der Waals surface area contributed by atoms with Gasteiger partial charge in [-0.05, 0) is 37.1 Å². The Morgan fingerprint density at radius 3 is 2.29 bits per heavy atom. The van der Waals surface area contributed by atoms with Crippen LogP contribution in [0, 0.1) is 28.1 Å². The molecule has 4 heteroatoms. The zero-order chi connectivity index (χ0) is 12.5. The summed E-state index contributed by atoms with van der Waals surface area (Å²) in [5.74, 6) is -0.162. The highest BCUT2D eigenvalue weighted by Gasteiger charge is 2.52. The van der Waals surface area contributed by atoms with Gasteiger partial charge in [-0.15, -0.1) is 0 Å². The predicted molar refractivity (Wildman–Crippen MR) is 61.8 cm³/mol. The van der Waals surface area contributed by atoms with Crippen LogP contribution in [0.2, 0.25) is 0 Å². The lowest BCUT2D eigenvalue weighted by Gasteiger charge is -2.19. The summed E-state index contributed by atoms with van der Waals surface area (Å²) in [6.07, 6.45) is 1.28. The Morgan fingerprint density at radius 2 is 1.88 bits per heavy atom. The van der Waals surface area contributed by atoms with Crippen molar-refractivity contribution in [1.29, 1.82) is 10.5 Å². The van der Waals surface area contributed by atoms with Gasteiger partial charge in [0.15, 0.2) is 0 Å². The lowest BCUT2D eigenvalue weighted by atomic mass is 10.1. The van der Waals surface area contributed by atoms with E-state index in [1.807, 2.05) is 6.07 Å². The smallest absolute Gasteiger partial charge is 0.247 e. The van der Waals surface area contributed by atoms with Crippen molar-refractivity contribution in [3.63, 3.8) is 0 Å². The van der Waals surface area contributed by atoms with Gasteiger partial charge in [0, 0.05) is 12.7 Å². The van der Waals surface area contributed by atoms with Crippen molar-refractivity contribution in [1.82, 2.24) is 0 Å². The van der Waals surface area contributed by atoms with Crippen LogP contribution >= 0.6 is 0 Å². The van der Waals surface area contributed by atoms with Gasteiger partial charge in [-0.3, -0.25) is 4.79 Å². The molecule has 1 fully saturated rings. The lowest BCUT2D eigenvalue weighted by molar-refractivity contribution is -0.121. The fourth-order valence-corrected chi connectivity index (χ4v) is 1.70. The van der Waals surface area contributed by atoms with Crippen molar-refractivity contribution in [2.75, 3.05) is 11.9 Å². The molecule has 0 aliphatic heterocycles. The molecule has 1 aliphatic carbocycles. The number of rotatable bonds is 2. The molecule has 2 rings (SSSR count). The standard InChI is InChI=1S/C13H11N3O/c1-16(12(17)13(9-15)6-7-13)11-4-2-10(8-14)3-5-11/h2-5H,6-7H2,1H3. The molecule has 4 nitrogen and oxygen atoms in total. The Morgan fingerprint density at radius 1 is 1.29 bits per heavy atom. The molecule has 1 saturated carbocycles. The molecular formula is C13H11N3O. The molecule has 0 radical (unpaired) electrons. The highest BCUT2D eigenvalue weighted by Crippen LogP contribution is 2.46. The minimum Gasteiger partial charge on any atom is -0.314 e. The third kappa shape index (κ3) is 1.86. The van der Waals surface area contributed by atoms with Gasteiger partial charge in [-0.2, -0.15) is 10.5 Å². The SMILES string of the molecule is CN(C(=O)C1(C#N)CC1)c1ccc(C#N)cc1. The number of anilines is 1. The summed E-state index contributed by atoms with van der Waals surface area (Å²) < 4.78 is 0. The number of nitriles is 2.